The number of ether oxygens (including phenoxy) is 1. The molecule has 154 valence electrons. The van der Waals surface area contributed by atoms with Crippen molar-refractivity contribution in [1.29, 1.82) is 0 Å². The van der Waals surface area contributed by atoms with E-state index in [0.29, 0.717) is 25.6 Å². The zero-order chi connectivity index (χ0) is 20.2. The van der Waals surface area contributed by atoms with E-state index in [4.69, 9.17) is 4.74 Å². The van der Waals surface area contributed by atoms with Crippen LogP contribution >= 0.6 is 0 Å². The van der Waals surface area contributed by atoms with Gasteiger partial charge in [-0.3, -0.25) is 9.69 Å². The molecule has 8 heteroatoms. The minimum absolute atomic E-state index is 0.180. The number of anilines is 1. The minimum atomic E-state index is -0.641. The number of aryl methyl sites for hydroxylation is 1. The number of carbonyl (C=O) groups is 1. The van der Waals surface area contributed by atoms with Gasteiger partial charge in [-0.05, 0) is 24.5 Å². The molecule has 3 N–H and O–H groups in total. The molecular formula is C21H27N5O3. The molecule has 1 amide bonds. The van der Waals surface area contributed by atoms with Crippen molar-refractivity contribution in [3.63, 3.8) is 0 Å². The van der Waals surface area contributed by atoms with E-state index in [9.17, 15) is 9.90 Å². The van der Waals surface area contributed by atoms with E-state index in [1.807, 2.05) is 0 Å². The number of nitrogens with one attached hydrogen (secondary N) is 2. The highest BCUT2D eigenvalue weighted by molar-refractivity contribution is 5.92. The molecule has 1 saturated heterocycles. The monoisotopic (exact) mass is 397 g/mol. The molecule has 1 atom stereocenters. The van der Waals surface area contributed by atoms with Crippen LogP contribution in [-0.4, -0.2) is 70.9 Å². The first kappa shape index (κ1) is 19.8. The Morgan fingerprint density at radius 2 is 2.17 bits per heavy atom. The second kappa shape index (κ2) is 8.86. The highest BCUT2D eigenvalue weighted by atomic mass is 16.5. The smallest absolute Gasteiger partial charge is 0.270 e. The van der Waals surface area contributed by atoms with Crippen LogP contribution in [0.4, 0.5) is 5.82 Å². The number of aliphatic hydroxyl groups is 1. The summed E-state index contributed by atoms with van der Waals surface area (Å²) in [5.41, 5.74) is 4.27. The topological polar surface area (TPSA) is 99.6 Å². The zero-order valence-electron chi connectivity index (χ0n) is 16.6. The second-order valence-corrected chi connectivity index (χ2v) is 7.79. The number of hydrogen-bond acceptors (Lipinski definition) is 7. The molecule has 2 aliphatic heterocycles. The lowest BCUT2D eigenvalue weighted by Gasteiger charge is -2.30. The van der Waals surface area contributed by atoms with E-state index >= 15 is 0 Å². The third-order valence-electron chi connectivity index (χ3n) is 5.31. The maximum absolute atomic E-state index is 12.4. The Morgan fingerprint density at radius 1 is 1.31 bits per heavy atom. The predicted octanol–water partition coefficient (Wildman–Crippen LogP) is 0.745. The molecule has 2 aliphatic rings. The Labute approximate surface area is 170 Å². The van der Waals surface area contributed by atoms with Crippen molar-refractivity contribution >= 4 is 11.7 Å². The summed E-state index contributed by atoms with van der Waals surface area (Å²) in [6.45, 7) is 5.82. The van der Waals surface area contributed by atoms with Crippen molar-refractivity contribution in [2.45, 2.75) is 32.0 Å². The SMILES string of the molecule is Cc1ccc2c(c1)CCN(C[C@@H](O)CNC(=O)c1cc(NC3COC3)ncn1)C2. The molecule has 8 nitrogen and oxygen atoms in total. The molecular weight excluding hydrogens is 370 g/mol. The molecule has 1 aromatic carbocycles. The number of carbonyl (C=O) groups excluding carboxylic acids is 1. The average molecular weight is 397 g/mol. The second-order valence-electron chi connectivity index (χ2n) is 7.79. The van der Waals surface area contributed by atoms with Gasteiger partial charge >= 0.3 is 0 Å². The van der Waals surface area contributed by atoms with Crippen molar-refractivity contribution in [2.24, 2.45) is 0 Å². The van der Waals surface area contributed by atoms with E-state index in [0.717, 1.165) is 19.5 Å². The van der Waals surface area contributed by atoms with Gasteiger partial charge < -0.3 is 20.5 Å². The predicted molar refractivity (Wildman–Crippen MR) is 109 cm³/mol. The van der Waals surface area contributed by atoms with Crippen LogP contribution in [-0.2, 0) is 17.7 Å². The molecule has 1 aromatic heterocycles. The number of aliphatic hydroxyl groups excluding tert-OH is 1. The fraction of sp³-hybridized carbons (Fsp3) is 0.476. The summed E-state index contributed by atoms with van der Waals surface area (Å²) in [4.78, 5) is 22.8. The van der Waals surface area contributed by atoms with E-state index in [2.05, 4.69) is 50.6 Å². The highest BCUT2D eigenvalue weighted by Gasteiger charge is 2.21. The maximum Gasteiger partial charge on any atom is 0.270 e. The molecule has 4 rings (SSSR count). The number of aromatic nitrogens is 2. The third-order valence-corrected chi connectivity index (χ3v) is 5.31. The maximum atomic E-state index is 12.4. The first-order valence-corrected chi connectivity index (χ1v) is 10.00. The van der Waals surface area contributed by atoms with Gasteiger partial charge in [0, 0.05) is 32.2 Å². The van der Waals surface area contributed by atoms with Gasteiger partial charge in [0.05, 0.1) is 25.4 Å². The van der Waals surface area contributed by atoms with Gasteiger partial charge in [-0.25, -0.2) is 9.97 Å². The lowest BCUT2D eigenvalue weighted by Crippen LogP contribution is -2.42. The van der Waals surface area contributed by atoms with E-state index in [1.54, 1.807) is 6.07 Å². The van der Waals surface area contributed by atoms with Crippen LogP contribution in [0.1, 0.15) is 27.2 Å². The fourth-order valence-electron chi connectivity index (χ4n) is 3.65. The van der Waals surface area contributed by atoms with Crippen molar-refractivity contribution in [3.05, 3.63) is 53.0 Å². The standard InChI is InChI=1S/C21H27N5O3/c1-14-2-3-16-9-26(5-4-15(16)6-14)10-18(27)8-22-21(28)19-7-20(24-13-23-19)25-17-11-29-12-17/h2-3,6-7,13,17-18,27H,4-5,8-12H2,1H3,(H,22,28)(H,23,24,25)/t18-/m0/s1. The van der Waals surface area contributed by atoms with Gasteiger partial charge in [0.15, 0.2) is 0 Å². The molecule has 29 heavy (non-hydrogen) atoms. The Hall–Kier alpha value is -2.55. The van der Waals surface area contributed by atoms with Crippen molar-refractivity contribution < 1.29 is 14.6 Å². The van der Waals surface area contributed by atoms with Gasteiger partial charge in [-0.2, -0.15) is 0 Å². The Kier molecular flexibility index (Phi) is 6.03. The number of rotatable bonds is 7. The number of fused-ring (bicyclic) bond motifs is 1. The van der Waals surface area contributed by atoms with Gasteiger partial charge in [-0.15, -0.1) is 0 Å². The zero-order valence-corrected chi connectivity index (χ0v) is 16.6. The van der Waals surface area contributed by atoms with Crippen LogP contribution in [0.15, 0.2) is 30.6 Å². The van der Waals surface area contributed by atoms with Crippen LogP contribution in [0.5, 0.6) is 0 Å². The quantitative estimate of drug-likeness (QED) is 0.634. The molecule has 3 heterocycles. The molecule has 2 aromatic rings. The molecule has 0 aliphatic carbocycles. The lowest BCUT2D eigenvalue weighted by molar-refractivity contribution is 0.0209. The molecule has 0 bridgehead atoms. The van der Waals surface area contributed by atoms with Gasteiger partial charge in [0.1, 0.15) is 17.8 Å². The van der Waals surface area contributed by atoms with Gasteiger partial charge in [-0.1, -0.05) is 23.8 Å². The lowest BCUT2D eigenvalue weighted by atomic mass is 9.97. The van der Waals surface area contributed by atoms with Crippen LogP contribution in [0, 0.1) is 6.92 Å². The summed E-state index contributed by atoms with van der Waals surface area (Å²) in [5.74, 6) is 0.278. The number of β-amino-alcohol motifs (C(OH)–C–C–N with tert-alkyl or cyclic N) is 1. The van der Waals surface area contributed by atoms with E-state index < -0.39 is 6.10 Å². The summed E-state index contributed by atoms with van der Waals surface area (Å²) in [5, 5.41) is 16.3. The molecule has 0 saturated carbocycles. The van der Waals surface area contributed by atoms with Crippen molar-refractivity contribution in [1.82, 2.24) is 20.2 Å². The number of hydrogen-bond donors (Lipinski definition) is 3. The molecule has 0 unspecified atom stereocenters. The summed E-state index contributed by atoms with van der Waals surface area (Å²) in [6.07, 6.45) is 1.70. The summed E-state index contributed by atoms with van der Waals surface area (Å²) in [6, 6.07) is 8.38. The first-order chi connectivity index (χ1) is 14.1. The van der Waals surface area contributed by atoms with Gasteiger partial charge in [0.2, 0.25) is 0 Å². The van der Waals surface area contributed by atoms with Crippen LogP contribution in [0.3, 0.4) is 0 Å². The van der Waals surface area contributed by atoms with E-state index in [1.165, 1.54) is 23.0 Å². The summed E-state index contributed by atoms with van der Waals surface area (Å²) >= 11 is 0. The number of amides is 1. The normalized spacial score (nSPS) is 17.9. The van der Waals surface area contributed by atoms with Gasteiger partial charge in [0.25, 0.3) is 5.91 Å². The molecule has 1 fully saturated rings. The highest BCUT2D eigenvalue weighted by Crippen LogP contribution is 2.20. The van der Waals surface area contributed by atoms with Crippen molar-refractivity contribution in [3.8, 4) is 0 Å². The minimum Gasteiger partial charge on any atom is -0.390 e. The first-order valence-electron chi connectivity index (χ1n) is 10.00. The largest absolute Gasteiger partial charge is 0.390 e. The van der Waals surface area contributed by atoms with Crippen LogP contribution < -0.4 is 10.6 Å². The third kappa shape index (κ3) is 5.09. The molecule has 0 spiro atoms. The molecule has 0 radical (unpaired) electrons. The Balaban J connectivity index is 1.25. The Bertz CT molecular complexity index is 871. The fourth-order valence-corrected chi connectivity index (χ4v) is 3.65. The van der Waals surface area contributed by atoms with Crippen molar-refractivity contribution in [2.75, 3.05) is 38.2 Å². The van der Waals surface area contributed by atoms with Crippen LogP contribution in [0.2, 0.25) is 0 Å². The van der Waals surface area contributed by atoms with E-state index in [-0.39, 0.29) is 24.2 Å². The summed E-state index contributed by atoms with van der Waals surface area (Å²) in [7, 11) is 0. The number of nitrogens with zero attached hydrogens (tertiary/aromatic N) is 3. The summed E-state index contributed by atoms with van der Waals surface area (Å²) < 4.78 is 5.12. The van der Waals surface area contributed by atoms with Crippen LogP contribution in [0.25, 0.3) is 0 Å². The Morgan fingerprint density at radius 3 is 2.97 bits per heavy atom. The average Bonchev–Trinajstić information content (AvgIpc) is 2.69. The number of benzene rings is 1.